The molecule has 7 heteroatoms. The molecule has 1 aromatic rings. The van der Waals surface area contributed by atoms with Gasteiger partial charge >= 0.3 is 0 Å². The zero-order chi connectivity index (χ0) is 13.9. The summed E-state index contributed by atoms with van der Waals surface area (Å²) in [6, 6.07) is 2.59. The Hall–Kier alpha value is -0.490. The van der Waals surface area contributed by atoms with Crippen LogP contribution < -0.4 is 10.5 Å². The van der Waals surface area contributed by atoms with E-state index in [1.165, 1.54) is 12.1 Å². The molecule has 4 nitrogen and oxygen atoms in total. The molecule has 1 rings (SSSR count). The van der Waals surface area contributed by atoms with Crippen LogP contribution in [0.4, 0.5) is 5.69 Å². The van der Waals surface area contributed by atoms with Crippen molar-refractivity contribution in [2.45, 2.75) is 37.6 Å². The fourth-order valence-electron chi connectivity index (χ4n) is 1.60. The molecule has 0 bridgehead atoms. The minimum Gasteiger partial charge on any atom is -0.398 e. The lowest BCUT2D eigenvalue weighted by molar-refractivity contribution is 0.530. The summed E-state index contributed by atoms with van der Waals surface area (Å²) in [5, 5.41) is 0.331. The molecule has 0 heterocycles. The Kier molecular flexibility index (Phi) is 5.28. The van der Waals surface area contributed by atoms with Gasteiger partial charge in [-0.3, -0.25) is 0 Å². The summed E-state index contributed by atoms with van der Waals surface area (Å²) in [7, 11) is -3.73. The number of anilines is 1. The third kappa shape index (κ3) is 3.51. The summed E-state index contributed by atoms with van der Waals surface area (Å²) in [5.41, 5.74) is 5.73. The van der Waals surface area contributed by atoms with Crippen LogP contribution in [0, 0.1) is 0 Å². The smallest absolute Gasteiger partial charge is 0.244 e. The molecule has 0 spiro atoms. The van der Waals surface area contributed by atoms with Gasteiger partial charge in [0.2, 0.25) is 10.0 Å². The van der Waals surface area contributed by atoms with Crippen LogP contribution in [-0.2, 0) is 10.0 Å². The van der Waals surface area contributed by atoms with Crippen molar-refractivity contribution >= 4 is 38.9 Å². The summed E-state index contributed by atoms with van der Waals surface area (Å²) in [6.07, 6.45) is 1.39. The van der Waals surface area contributed by atoms with Crippen molar-refractivity contribution in [2.24, 2.45) is 0 Å². The van der Waals surface area contributed by atoms with Gasteiger partial charge in [0.15, 0.2) is 0 Å². The molecule has 0 amide bonds. The van der Waals surface area contributed by atoms with Gasteiger partial charge in [0.05, 0.1) is 10.7 Å². The molecule has 0 radical (unpaired) electrons. The lowest BCUT2D eigenvalue weighted by Crippen LogP contribution is -2.34. The number of rotatable bonds is 5. The Morgan fingerprint density at radius 3 is 2.28 bits per heavy atom. The van der Waals surface area contributed by atoms with Gasteiger partial charge in [0.25, 0.3) is 0 Å². The Morgan fingerprint density at radius 2 is 1.83 bits per heavy atom. The van der Waals surface area contributed by atoms with Crippen LogP contribution >= 0.6 is 23.2 Å². The highest BCUT2D eigenvalue weighted by Gasteiger charge is 2.24. The van der Waals surface area contributed by atoms with Crippen molar-refractivity contribution < 1.29 is 8.42 Å². The monoisotopic (exact) mass is 310 g/mol. The van der Waals surface area contributed by atoms with E-state index < -0.39 is 10.0 Å². The SMILES string of the molecule is CCC(CC)NS(=O)(=O)c1c(N)cc(Cl)cc1Cl. The largest absolute Gasteiger partial charge is 0.398 e. The van der Waals surface area contributed by atoms with E-state index in [2.05, 4.69) is 4.72 Å². The summed E-state index contributed by atoms with van der Waals surface area (Å²) in [6.45, 7) is 3.81. The summed E-state index contributed by atoms with van der Waals surface area (Å²) >= 11 is 11.7. The van der Waals surface area contributed by atoms with E-state index in [0.717, 1.165) is 0 Å². The van der Waals surface area contributed by atoms with Gasteiger partial charge in [-0.1, -0.05) is 37.0 Å². The van der Waals surface area contributed by atoms with Crippen LogP contribution in [0.3, 0.4) is 0 Å². The third-order valence-electron chi connectivity index (χ3n) is 2.61. The first-order valence-electron chi connectivity index (χ1n) is 5.58. The standard InChI is InChI=1S/C11H16Cl2N2O2S/c1-3-8(4-2)15-18(16,17)11-9(13)5-7(12)6-10(11)14/h5-6,8,15H,3-4,14H2,1-2H3. The average molecular weight is 311 g/mol. The molecule has 0 unspecified atom stereocenters. The van der Waals surface area contributed by atoms with E-state index in [1.807, 2.05) is 13.8 Å². The molecule has 0 aliphatic rings. The van der Waals surface area contributed by atoms with Crippen molar-refractivity contribution in [2.75, 3.05) is 5.73 Å². The van der Waals surface area contributed by atoms with E-state index in [0.29, 0.717) is 17.9 Å². The molecule has 0 saturated carbocycles. The zero-order valence-electron chi connectivity index (χ0n) is 10.2. The maximum atomic E-state index is 12.2. The van der Waals surface area contributed by atoms with Crippen LogP contribution in [0.2, 0.25) is 10.0 Å². The lowest BCUT2D eigenvalue weighted by atomic mass is 10.2. The second-order valence-corrected chi connectivity index (χ2v) is 6.44. The molecular weight excluding hydrogens is 295 g/mol. The normalized spacial score (nSPS) is 12.1. The third-order valence-corrected chi connectivity index (χ3v) is 4.88. The van der Waals surface area contributed by atoms with Crippen LogP contribution in [0.15, 0.2) is 17.0 Å². The maximum absolute atomic E-state index is 12.2. The molecule has 0 fully saturated rings. The van der Waals surface area contributed by atoms with E-state index in [-0.39, 0.29) is 21.6 Å². The Morgan fingerprint density at radius 1 is 1.28 bits per heavy atom. The number of hydrogen-bond acceptors (Lipinski definition) is 3. The average Bonchev–Trinajstić information content (AvgIpc) is 2.23. The summed E-state index contributed by atoms with van der Waals surface area (Å²) in [5.74, 6) is 0. The number of nitrogen functional groups attached to an aromatic ring is 1. The first-order valence-corrected chi connectivity index (χ1v) is 7.82. The first-order chi connectivity index (χ1) is 8.31. The van der Waals surface area contributed by atoms with Gasteiger partial charge in [-0.15, -0.1) is 0 Å². The minimum absolute atomic E-state index is 0.0263. The quantitative estimate of drug-likeness (QED) is 0.821. The van der Waals surface area contributed by atoms with Crippen LogP contribution in [-0.4, -0.2) is 14.5 Å². The van der Waals surface area contributed by atoms with Crippen molar-refractivity contribution in [3.8, 4) is 0 Å². The highest BCUT2D eigenvalue weighted by atomic mass is 35.5. The Bertz CT molecular complexity index is 505. The molecule has 3 N–H and O–H groups in total. The lowest BCUT2D eigenvalue weighted by Gasteiger charge is -2.17. The van der Waals surface area contributed by atoms with Crippen LogP contribution in [0.25, 0.3) is 0 Å². The van der Waals surface area contributed by atoms with Gasteiger partial charge in [0.1, 0.15) is 4.90 Å². The van der Waals surface area contributed by atoms with E-state index in [9.17, 15) is 8.42 Å². The zero-order valence-corrected chi connectivity index (χ0v) is 12.5. The Labute approximate surface area is 118 Å². The predicted molar refractivity (Wildman–Crippen MR) is 75.6 cm³/mol. The van der Waals surface area contributed by atoms with Crippen molar-refractivity contribution in [3.63, 3.8) is 0 Å². The van der Waals surface area contributed by atoms with Crippen LogP contribution in [0.1, 0.15) is 26.7 Å². The Balaban J connectivity index is 3.21. The molecule has 0 aliphatic carbocycles. The first kappa shape index (κ1) is 15.6. The number of nitrogens with one attached hydrogen (secondary N) is 1. The van der Waals surface area contributed by atoms with Crippen molar-refractivity contribution in [3.05, 3.63) is 22.2 Å². The number of benzene rings is 1. The molecule has 0 aromatic heterocycles. The summed E-state index contributed by atoms with van der Waals surface area (Å²) < 4.78 is 27.0. The predicted octanol–water partition coefficient (Wildman–Crippen LogP) is 3.04. The second kappa shape index (κ2) is 6.10. The molecular formula is C11H16Cl2N2O2S. The van der Waals surface area contributed by atoms with Gasteiger partial charge in [-0.05, 0) is 25.0 Å². The molecule has 0 atom stereocenters. The number of halogens is 2. The number of nitrogens with two attached hydrogens (primary N) is 1. The van der Waals surface area contributed by atoms with Gasteiger partial charge in [-0.25, -0.2) is 13.1 Å². The fourth-order valence-corrected chi connectivity index (χ4v) is 3.99. The van der Waals surface area contributed by atoms with Crippen LogP contribution in [0.5, 0.6) is 0 Å². The van der Waals surface area contributed by atoms with Gasteiger partial charge in [-0.2, -0.15) is 0 Å². The highest BCUT2D eigenvalue weighted by Crippen LogP contribution is 2.31. The number of hydrogen-bond donors (Lipinski definition) is 2. The fraction of sp³-hybridized carbons (Fsp3) is 0.455. The molecule has 1 aromatic carbocycles. The molecule has 0 saturated heterocycles. The second-order valence-electron chi connectivity index (χ2n) is 3.94. The highest BCUT2D eigenvalue weighted by molar-refractivity contribution is 7.89. The molecule has 102 valence electrons. The molecule has 0 aliphatic heterocycles. The van der Waals surface area contributed by atoms with Crippen molar-refractivity contribution in [1.29, 1.82) is 0 Å². The van der Waals surface area contributed by atoms with Crippen molar-refractivity contribution in [1.82, 2.24) is 4.72 Å². The maximum Gasteiger partial charge on any atom is 0.244 e. The topological polar surface area (TPSA) is 72.2 Å². The van der Waals surface area contributed by atoms with E-state index in [4.69, 9.17) is 28.9 Å². The van der Waals surface area contributed by atoms with E-state index >= 15 is 0 Å². The number of sulfonamides is 1. The van der Waals surface area contributed by atoms with E-state index in [1.54, 1.807) is 0 Å². The summed E-state index contributed by atoms with van der Waals surface area (Å²) in [4.78, 5) is -0.111. The molecule has 18 heavy (non-hydrogen) atoms. The van der Waals surface area contributed by atoms with Gasteiger partial charge in [0, 0.05) is 11.1 Å². The minimum atomic E-state index is -3.73. The van der Waals surface area contributed by atoms with Gasteiger partial charge < -0.3 is 5.73 Å².